The van der Waals surface area contributed by atoms with Gasteiger partial charge < -0.3 is 6.92 Å². The number of aromatic nitrogens is 1. The molecule has 0 bridgehead atoms. The molecule has 1 aromatic heterocycles. The molecule has 0 aliphatic rings. The summed E-state index contributed by atoms with van der Waals surface area (Å²) in [5, 5.41) is 0. The Morgan fingerprint density at radius 1 is 1.40 bits per heavy atom. The summed E-state index contributed by atoms with van der Waals surface area (Å²) < 4.78 is 0. The molecule has 1 radical (unpaired) electrons. The molecule has 0 saturated heterocycles. The molecule has 0 atom stereocenters. The molecule has 0 N–H and O–H groups in total. The maximum atomic E-state index is 4.03. The molecule has 57 valence electrons. The van der Waals surface area contributed by atoms with E-state index in [9.17, 15) is 0 Å². The summed E-state index contributed by atoms with van der Waals surface area (Å²) in [5.41, 5.74) is 1.05. The normalized spacial score (nSPS) is 7.30. The number of hydrogen-bond acceptors (Lipinski definition) is 1. The summed E-state index contributed by atoms with van der Waals surface area (Å²) in [4.78, 5) is 4.03. The second-order valence-electron chi connectivity index (χ2n) is 1.57. The van der Waals surface area contributed by atoms with E-state index in [1.165, 1.54) is 0 Å². The van der Waals surface area contributed by atoms with Crippen LogP contribution in [0.3, 0.4) is 0 Å². The zero-order valence-corrected chi connectivity index (χ0v) is 6.76. The third kappa shape index (κ3) is 3.73. The minimum Gasteiger partial charge on any atom is -0.338 e. The van der Waals surface area contributed by atoms with Gasteiger partial charge >= 0.3 is 19.5 Å². The smallest absolute Gasteiger partial charge is 0.338 e. The molecule has 0 saturated carbocycles. The molecule has 0 aromatic carbocycles. The first-order valence-electron chi connectivity index (χ1n) is 2.62. The first-order chi connectivity index (χ1) is 3.93. The molecular weight excluding hydrogens is 211 g/mol. The SMILES string of the molecule is C.[CH2-]Cc1ccccn1.[Ru+]. The van der Waals surface area contributed by atoms with Crippen LogP contribution in [0.15, 0.2) is 24.4 Å². The van der Waals surface area contributed by atoms with Gasteiger partial charge in [-0.25, -0.2) is 0 Å². The largest absolute Gasteiger partial charge is 1.00 e. The molecule has 0 amide bonds. The van der Waals surface area contributed by atoms with Crippen molar-refractivity contribution in [3.63, 3.8) is 0 Å². The molecule has 0 aliphatic heterocycles. The van der Waals surface area contributed by atoms with Gasteiger partial charge in [0.05, 0.1) is 0 Å². The van der Waals surface area contributed by atoms with E-state index in [-0.39, 0.29) is 26.9 Å². The molecule has 1 heterocycles. The van der Waals surface area contributed by atoms with Crippen molar-refractivity contribution in [3.05, 3.63) is 37.0 Å². The van der Waals surface area contributed by atoms with Crippen molar-refractivity contribution in [2.24, 2.45) is 0 Å². The van der Waals surface area contributed by atoms with Crippen LogP contribution in [0.25, 0.3) is 0 Å². The summed E-state index contributed by atoms with van der Waals surface area (Å²) in [5.74, 6) is 0. The first kappa shape index (κ1) is 12.4. The van der Waals surface area contributed by atoms with Gasteiger partial charge in [0, 0.05) is 11.9 Å². The maximum Gasteiger partial charge on any atom is 1.00 e. The van der Waals surface area contributed by atoms with Crippen LogP contribution >= 0.6 is 0 Å². The Balaban J connectivity index is 0. The molecule has 0 aliphatic carbocycles. The third-order valence-electron chi connectivity index (χ3n) is 0.982. The van der Waals surface area contributed by atoms with Crippen molar-refractivity contribution in [3.8, 4) is 0 Å². The van der Waals surface area contributed by atoms with E-state index in [1.54, 1.807) is 6.20 Å². The van der Waals surface area contributed by atoms with Crippen LogP contribution in [0.2, 0.25) is 0 Å². The minimum atomic E-state index is 0. The summed E-state index contributed by atoms with van der Waals surface area (Å²) >= 11 is 0. The van der Waals surface area contributed by atoms with E-state index >= 15 is 0 Å². The second-order valence-corrected chi connectivity index (χ2v) is 1.57. The van der Waals surface area contributed by atoms with E-state index in [1.807, 2.05) is 18.2 Å². The van der Waals surface area contributed by atoms with Crippen LogP contribution in [-0.4, -0.2) is 4.98 Å². The van der Waals surface area contributed by atoms with Gasteiger partial charge in [-0.3, -0.25) is 4.98 Å². The molecule has 10 heavy (non-hydrogen) atoms. The Morgan fingerprint density at radius 2 is 2.10 bits per heavy atom. The van der Waals surface area contributed by atoms with Crippen LogP contribution in [0.5, 0.6) is 0 Å². The number of hydrogen-bond donors (Lipinski definition) is 0. The van der Waals surface area contributed by atoms with Crippen LogP contribution in [0.4, 0.5) is 0 Å². The van der Waals surface area contributed by atoms with Gasteiger partial charge in [-0.15, -0.1) is 6.42 Å². The van der Waals surface area contributed by atoms with Crippen LogP contribution in [-0.2, 0) is 25.9 Å². The van der Waals surface area contributed by atoms with Crippen LogP contribution in [0, 0.1) is 6.92 Å². The molecule has 0 unspecified atom stereocenters. The van der Waals surface area contributed by atoms with Gasteiger partial charge in [0.2, 0.25) is 0 Å². The van der Waals surface area contributed by atoms with Gasteiger partial charge in [0.15, 0.2) is 0 Å². The van der Waals surface area contributed by atoms with Crippen molar-refractivity contribution >= 4 is 0 Å². The molecule has 1 rings (SSSR count). The average molecular weight is 223 g/mol. The van der Waals surface area contributed by atoms with E-state index in [4.69, 9.17) is 0 Å². The fourth-order valence-electron chi connectivity index (χ4n) is 0.546. The van der Waals surface area contributed by atoms with Crippen LogP contribution < -0.4 is 0 Å². The molecule has 0 spiro atoms. The fourth-order valence-corrected chi connectivity index (χ4v) is 0.546. The van der Waals surface area contributed by atoms with E-state index in [0.29, 0.717) is 0 Å². The quantitative estimate of drug-likeness (QED) is 0.525. The minimum absolute atomic E-state index is 0. The predicted octanol–water partition coefficient (Wildman–Crippen LogP) is 2.09. The zero-order chi connectivity index (χ0) is 5.82. The number of rotatable bonds is 1. The fraction of sp³-hybridized carbons (Fsp3) is 0.250. The molecular formula is C8H12NRu. The van der Waals surface area contributed by atoms with Crippen molar-refractivity contribution in [2.45, 2.75) is 13.8 Å². The Labute approximate surface area is 75.6 Å². The van der Waals surface area contributed by atoms with E-state index in [0.717, 1.165) is 12.1 Å². The third-order valence-corrected chi connectivity index (χ3v) is 0.982. The average Bonchev–Trinajstić information content (AvgIpc) is 1.90. The standard InChI is InChI=1S/C7H8N.CH4.Ru/c1-2-7-5-3-4-6-8-7;;/h3-6H,1-2H2;1H4;/q-1;;+1. The topological polar surface area (TPSA) is 12.9 Å². The Morgan fingerprint density at radius 3 is 2.40 bits per heavy atom. The van der Waals surface area contributed by atoms with E-state index < -0.39 is 0 Å². The summed E-state index contributed by atoms with van der Waals surface area (Å²) in [6.45, 7) is 3.69. The van der Waals surface area contributed by atoms with Gasteiger partial charge in [0.1, 0.15) is 0 Å². The monoisotopic (exact) mass is 224 g/mol. The second kappa shape index (κ2) is 6.89. The summed E-state index contributed by atoms with van der Waals surface area (Å²) in [7, 11) is 0. The molecule has 2 heteroatoms. The summed E-state index contributed by atoms with van der Waals surface area (Å²) in [6.07, 6.45) is 2.56. The molecule has 0 fully saturated rings. The van der Waals surface area contributed by atoms with Crippen molar-refractivity contribution in [1.82, 2.24) is 4.98 Å². The Kier molecular flexibility index (Phi) is 8.57. The van der Waals surface area contributed by atoms with Crippen LogP contribution in [0.1, 0.15) is 13.1 Å². The zero-order valence-electron chi connectivity index (χ0n) is 5.02. The maximum absolute atomic E-state index is 4.03. The number of pyridine rings is 1. The van der Waals surface area contributed by atoms with Gasteiger partial charge in [-0.05, 0) is 12.1 Å². The molecule has 1 aromatic rings. The van der Waals surface area contributed by atoms with Gasteiger partial charge in [0.25, 0.3) is 0 Å². The van der Waals surface area contributed by atoms with Crippen molar-refractivity contribution in [1.29, 1.82) is 0 Å². The Hall–Kier alpha value is -0.227. The number of nitrogens with zero attached hydrogens (tertiary/aromatic N) is 1. The Bertz CT molecular complexity index is 151. The van der Waals surface area contributed by atoms with E-state index in [2.05, 4.69) is 11.9 Å². The van der Waals surface area contributed by atoms with Gasteiger partial charge in [-0.2, -0.15) is 0 Å². The first-order valence-corrected chi connectivity index (χ1v) is 2.62. The van der Waals surface area contributed by atoms with Crippen molar-refractivity contribution < 1.29 is 19.5 Å². The predicted molar refractivity (Wildman–Crippen MR) is 40.0 cm³/mol. The van der Waals surface area contributed by atoms with Crippen molar-refractivity contribution in [2.75, 3.05) is 0 Å². The molecule has 1 nitrogen and oxygen atoms in total. The van der Waals surface area contributed by atoms with Gasteiger partial charge in [-0.1, -0.05) is 13.5 Å². The summed E-state index contributed by atoms with van der Waals surface area (Å²) in [6, 6.07) is 5.83.